The Hall–Kier alpha value is -2.39. The molecule has 1 aliphatic heterocycles. The zero-order valence-electron chi connectivity index (χ0n) is 14.1. The summed E-state index contributed by atoms with van der Waals surface area (Å²) in [6.45, 7) is 5.40. The average Bonchev–Trinajstić information content (AvgIpc) is 2.61. The molecule has 1 fully saturated rings. The fourth-order valence-corrected chi connectivity index (χ4v) is 2.88. The van der Waals surface area contributed by atoms with E-state index in [-0.39, 0.29) is 23.8 Å². The van der Waals surface area contributed by atoms with Crippen molar-refractivity contribution in [3.63, 3.8) is 0 Å². The van der Waals surface area contributed by atoms with Crippen molar-refractivity contribution in [2.24, 2.45) is 5.92 Å². The lowest BCUT2D eigenvalue weighted by atomic mass is 9.96. The van der Waals surface area contributed by atoms with Gasteiger partial charge >= 0.3 is 5.97 Å². The number of carbonyl (C=O) groups is 2. The first-order valence-corrected chi connectivity index (χ1v) is 8.27. The van der Waals surface area contributed by atoms with Crippen LogP contribution >= 0.6 is 0 Å². The summed E-state index contributed by atoms with van der Waals surface area (Å²) in [5, 5.41) is 11.9. The Kier molecular flexibility index (Phi) is 6.33. The lowest BCUT2D eigenvalue weighted by Crippen LogP contribution is -2.47. The Morgan fingerprint density at radius 2 is 2.04 bits per heavy atom. The van der Waals surface area contributed by atoms with Gasteiger partial charge in [-0.25, -0.2) is 0 Å². The first-order chi connectivity index (χ1) is 11.6. The molecule has 0 bridgehead atoms. The number of para-hydroxylation sites is 1. The van der Waals surface area contributed by atoms with Crippen LogP contribution in [0.3, 0.4) is 0 Å². The van der Waals surface area contributed by atoms with E-state index in [4.69, 9.17) is 10.00 Å². The van der Waals surface area contributed by atoms with Crippen molar-refractivity contribution in [2.45, 2.75) is 32.7 Å². The van der Waals surface area contributed by atoms with Gasteiger partial charge in [-0.2, -0.15) is 5.26 Å². The lowest BCUT2D eigenvalue weighted by Gasteiger charge is -2.34. The number of benzene rings is 1. The molecule has 0 spiro atoms. The Morgan fingerprint density at radius 3 is 2.67 bits per heavy atom. The minimum Gasteiger partial charge on any atom is -0.466 e. The van der Waals surface area contributed by atoms with Crippen LogP contribution in [0.25, 0.3) is 0 Å². The first kappa shape index (κ1) is 18.0. The maximum absolute atomic E-state index is 12.4. The number of ether oxygens (including phenoxy) is 1. The van der Waals surface area contributed by atoms with Crippen molar-refractivity contribution in [1.82, 2.24) is 4.90 Å². The number of nitrogens with one attached hydrogen (secondary N) is 1. The minimum absolute atomic E-state index is 0.0734. The van der Waals surface area contributed by atoms with Crippen molar-refractivity contribution in [1.29, 1.82) is 5.26 Å². The molecule has 1 amide bonds. The predicted molar refractivity (Wildman–Crippen MR) is 90.2 cm³/mol. The van der Waals surface area contributed by atoms with Crippen LogP contribution in [0.5, 0.6) is 0 Å². The van der Waals surface area contributed by atoms with Crippen LogP contribution in [-0.4, -0.2) is 42.5 Å². The van der Waals surface area contributed by atoms with Crippen LogP contribution in [0.15, 0.2) is 24.3 Å². The lowest BCUT2D eigenvalue weighted by molar-refractivity contribution is -0.149. The summed E-state index contributed by atoms with van der Waals surface area (Å²) in [6, 6.07) is 8.69. The quantitative estimate of drug-likeness (QED) is 0.837. The molecule has 0 saturated carbocycles. The summed E-state index contributed by atoms with van der Waals surface area (Å²) in [4.78, 5) is 26.3. The van der Waals surface area contributed by atoms with Crippen molar-refractivity contribution in [3.8, 4) is 6.07 Å². The number of carbonyl (C=O) groups excluding carboxylic acids is 2. The monoisotopic (exact) mass is 329 g/mol. The van der Waals surface area contributed by atoms with E-state index >= 15 is 0 Å². The van der Waals surface area contributed by atoms with Gasteiger partial charge in [0, 0.05) is 0 Å². The van der Waals surface area contributed by atoms with Crippen molar-refractivity contribution in [2.75, 3.05) is 25.0 Å². The van der Waals surface area contributed by atoms with Gasteiger partial charge < -0.3 is 10.1 Å². The molecule has 1 atom stereocenters. The summed E-state index contributed by atoms with van der Waals surface area (Å²) in [7, 11) is 0. The second kappa shape index (κ2) is 8.46. The Labute approximate surface area is 142 Å². The van der Waals surface area contributed by atoms with Gasteiger partial charge in [-0.15, -0.1) is 0 Å². The van der Waals surface area contributed by atoms with Gasteiger partial charge in [-0.05, 0) is 51.9 Å². The third-order valence-corrected chi connectivity index (χ3v) is 4.38. The van der Waals surface area contributed by atoms with Crippen LogP contribution < -0.4 is 5.32 Å². The fourth-order valence-electron chi connectivity index (χ4n) is 2.88. The molecule has 1 saturated heterocycles. The van der Waals surface area contributed by atoms with Gasteiger partial charge in [0.15, 0.2) is 0 Å². The number of likely N-dealkylation sites (tertiary alicyclic amines) is 1. The molecule has 1 aromatic carbocycles. The standard InChI is InChI=1S/C18H23N3O3/c1-3-24-18(23)14-8-10-21(11-9-14)13(2)17(22)20-16-7-5-4-6-15(16)12-19/h4-7,13-14H,3,8-11H2,1-2H3,(H,20,22)/t13-/m1/s1. The van der Waals surface area contributed by atoms with E-state index in [1.807, 2.05) is 6.92 Å². The Bertz CT molecular complexity index is 631. The third-order valence-electron chi connectivity index (χ3n) is 4.38. The summed E-state index contributed by atoms with van der Waals surface area (Å²) >= 11 is 0. The molecular formula is C18H23N3O3. The maximum atomic E-state index is 12.4. The summed E-state index contributed by atoms with van der Waals surface area (Å²) in [5.41, 5.74) is 0.970. The molecule has 1 aromatic rings. The molecule has 6 nitrogen and oxygen atoms in total. The summed E-state index contributed by atoms with van der Waals surface area (Å²) in [6.07, 6.45) is 1.40. The molecule has 0 unspecified atom stereocenters. The summed E-state index contributed by atoms with van der Waals surface area (Å²) < 4.78 is 5.06. The smallest absolute Gasteiger partial charge is 0.309 e. The van der Waals surface area contributed by atoms with E-state index in [1.54, 1.807) is 31.2 Å². The Balaban J connectivity index is 1.91. The number of hydrogen-bond acceptors (Lipinski definition) is 5. The number of nitriles is 1. The van der Waals surface area contributed by atoms with E-state index in [0.29, 0.717) is 43.8 Å². The van der Waals surface area contributed by atoms with E-state index < -0.39 is 0 Å². The molecule has 6 heteroatoms. The molecule has 0 aromatic heterocycles. The van der Waals surface area contributed by atoms with Gasteiger partial charge in [-0.1, -0.05) is 12.1 Å². The van der Waals surface area contributed by atoms with Gasteiger partial charge in [0.25, 0.3) is 0 Å². The molecule has 0 aliphatic carbocycles. The van der Waals surface area contributed by atoms with Crippen molar-refractivity contribution in [3.05, 3.63) is 29.8 Å². The Morgan fingerprint density at radius 1 is 1.38 bits per heavy atom. The van der Waals surface area contributed by atoms with Gasteiger partial charge in [0.05, 0.1) is 29.8 Å². The molecule has 24 heavy (non-hydrogen) atoms. The van der Waals surface area contributed by atoms with E-state index in [2.05, 4.69) is 16.3 Å². The highest BCUT2D eigenvalue weighted by Crippen LogP contribution is 2.21. The second-order valence-corrected chi connectivity index (χ2v) is 5.88. The van der Waals surface area contributed by atoms with E-state index in [9.17, 15) is 9.59 Å². The number of anilines is 1. The molecule has 1 N–H and O–H groups in total. The molecule has 128 valence electrons. The maximum Gasteiger partial charge on any atom is 0.309 e. The third kappa shape index (κ3) is 4.33. The number of amides is 1. The molecule has 0 radical (unpaired) electrons. The normalized spacial score (nSPS) is 16.9. The number of nitrogens with zero attached hydrogens (tertiary/aromatic N) is 2. The number of hydrogen-bond donors (Lipinski definition) is 1. The fraction of sp³-hybridized carbons (Fsp3) is 0.500. The van der Waals surface area contributed by atoms with Crippen LogP contribution in [0.4, 0.5) is 5.69 Å². The van der Waals surface area contributed by atoms with E-state index in [1.165, 1.54) is 0 Å². The largest absolute Gasteiger partial charge is 0.466 e. The summed E-state index contributed by atoms with van der Waals surface area (Å²) in [5.74, 6) is -0.361. The highest BCUT2D eigenvalue weighted by molar-refractivity contribution is 5.95. The first-order valence-electron chi connectivity index (χ1n) is 8.27. The van der Waals surface area contributed by atoms with Gasteiger partial charge in [0.1, 0.15) is 6.07 Å². The average molecular weight is 329 g/mol. The van der Waals surface area contributed by atoms with Crippen LogP contribution in [0.2, 0.25) is 0 Å². The molecule has 2 rings (SSSR count). The van der Waals surface area contributed by atoms with Gasteiger partial charge in [-0.3, -0.25) is 14.5 Å². The second-order valence-electron chi connectivity index (χ2n) is 5.88. The van der Waals surface area contributed by atoms with Crippen molar-refractivity contribution >= 4 is 17.6 Å². The molecule has 1 aliphatic rings. The van der Waals surface area contributed by atoms with Crippen molar-refractivity contribution < 1.29 is 14.3 Å². The van der Waals surface area contributed by atoms with Crippen LogP contribution in [0, 0.1) is 17.2 Å². The predicted octanol–water partition coefficient (Wildman–Crippen LogP) is 2.16. The number of esters is 1. The minimum atomic E-state index is -0.320. The number of piperidine rings is 1. The SMILES string of the molecule is CCOC(=O)C1CCN([C@H](C)C(=O)Nc2ccccc2C#N)CC1. The zero-order chi connectivity index (χ0) is 17.5. The van der Waals surface area contributed by atoms with Crippen LogP contribution in [0.1, 0.15) is 32.3 Å². The zero-order valence-corrected chi connectivity index (χ0v) is 14.1. The molecule has 1 heterocycles. The number of rotatable bonds is 5. The molecular weight excluding hydrogens is 306 g/mol. The highest BCUT2D eigenvalue weighted by Gasteiger charge is 2.30. The highest BCUT2D eigenvalue weighted by atomic mass is 16.5. The van der Waals surface area contributed by atoms with E-state index in [0.717, 1.165) is 0 Å². The van der Waals surface area contributed by atoms with Crippen LogP contribution in [-0.2, 0) is 14.3 Å². The van der Waals surface area contributed by atoms with Gasteiger partial charge in [0.2, 0.25) is 5.91 Å². The topological polar surface area (TPSA) is 82.4 Å².